The maximum atomic E-state index is 12.8. The predicted octanol–water partition coefficient (Wildman–Crippen LogP) is 3.17. The molecule has 2 N–H and O–H groups in total. The van der Waals surface area contributed by atoms with Crippen LogP contribution in [0.4, 0.5) is 13.2 Å². The molecule has 1 aromatic rings. The third kappa shape index (κ3) is 2.26. The van der Waals surface area contributed by atoms with Crippen molar-refractivity contribution in [3.05, 3.63) is 35.1 Å². The molecule has 14 heavy (non-hydrogen) atoms. The molecule has 0 aliphatic rings. The third-order valence-corrected chi connectivity index (χ3v) is 2.12. The van der Waals surface area contributed by atoms with E-state index in [4.69, 9.17) is 5.73 Å². The van der Waals surface area contributed by atoms with Crippen molar-refractivity contribution in [3.63, 3.8) is 0 Å². The molecule has 0 saturated heterocycles. The van der Waals surface area contributed by atoms with Crippen LogP contribution in [0.2, 0.25) is 0 Å². The van der Waals surface area contributed by atoms with Gasteiger partial charge in [0.25, 0.3) is 6.43 Å². The van der Waals surface area contributed by atoms with Gasteiger partial charge in [-0.15, -0.1) is 0 Å². The highest BCUT2D eigenvalue weighted by atomic mass is 19.3. The molecule has 0 fully saturated rings. The van der Waals surface area contributed by atoms with Crippen molar-refractivity contribution in [3.8, 4) is 0 Å². The molecule has 0 unspecified atom stereocenters. The molecule has 0 heterocycles. The number of rotatable bonds is 3. The highest BCUT2D eigenvalue weighted by Gasteiger charge is 2.17. The summed E-state index contributed by atoms with van der Waals surface area (Å²) in [5.74, 6) is -0.534. The predicted molar refractivity (Wildman–Crippen MR) is 48.6 cm³/mol. The average Bonchev–Trinajstić information content (AvgIpc) is 2.16. The minimum absolute atomic E-state index is 0.180. The second kappa shape index (κ2) is 4.46. The van der Waals surface area contributed by atoms with Gasteiger partial charge >= 0.3 is 0 Å². The van der Waals surface area contributed by atoms with E-state index in [1.54, 1.807) is 6.92 Å². The molecule has 0 saturated carbocycles. The Kier molecular flexibility index (Phi) is 3.52. The zero-order chi connectivity index (χ0) is 10.7. The fraction of sp³-hybridized carbons (Fsp3) is 0.400. The molecule has 0 aliphatic heterocycles. The van der Waals surface area contributed by atoms with Gasteiger partial charge in [0.2, 0.25) is 0 Å². The van der Waals surface area contributed by atoms with Gasteiger partial charge in [-0.25, -0.2) is 13.2 Å². The van der Waals surface area contributed by atoms with E-state index in [0.717, 1.165) is 18.2 Å². The maximum absolute atomic E-state index is 12.8. The normalized spacial score (nSPS) is 13.3. The molecule has 0 aromatic heterocycles. The summed E-state index contributed by atoms with van der Waals surface area (Å²) in [6.07, 6.45) is -2.11. The van der Waals surface area contributed by atoms with Gasteiger partial charge in [-0.2, -0.15) is 0 Å². The lowest BCUT2D eigenvalue weighted by Crippen LogP contribution is -2.12. The van der Waals surface area contributed by atoms with Crippen LogP contribution >= 0.6 is 0 Å². The van der Waals surface area contributed by atoms with E-state index in [-0.39, 0.29) is 11.1 Å². The van der Waals surface area contributed by atoms with E-state index in [9.17, 15) is 13.2 Å². The van der Waals surface area contributed by atoms with E-state index in [0.29, 0.717) is 6.42 Å². The van der Waals surface area contributed by atoms with Crippen LogP contribution in [-0.4, -0.2) is 0 Å². The molecule has 78 valence electrons. The van der Waals surface area contributed by atoms with Gasteiger partial charge in [0.05, 0.1) is 0 Å². The molecule has 0 amide bonds. The molecule has 0 bridgehead atoms. The number of hydrogen-bond donors (Lipinski definition) is 1. The van der Waals surface area contributed by atoms with Crippen molar-refractivity contribution in [1.82, 2.24) is 0 Å². The van der Waals surface area contributed by atoms with Crippen molar-refractivity contribution in [2.24, 2.45) is 5.73 Å². The SMILES string of the molecule is CC[C@@H](N)c1cc(F)ccc1C(F)F. The van der Waals surface area contributed by atoms with Crippen LogP contribution in [0, 0.1) is 5.82 Å². The number of hydrogen-bond acceptors (Lipinski definition) is 1. The Morgan fingerprint density at radius 1 is 1.29 bits per heavy atom. The Balaban J connectivity index is 3.15. The smallest absolute Gasteiger partial charge is 0.264 e. The van der Waals surface area contributed by atoms with Gasteiger partial charge < -0.3 is 5.73 Å². The third-order valence-electron chi connectivity index (χ3n) is 2.12. The Hall–Kier alpha value is -1.03. The summed E-state index contributed by atoms with van der Waals surface area (Å²) < 4.78 is 37.8. The molecule has 4 heteroatoms. The van der Waals surface area contributed by atoms with Crippen LogP contribution in [0.3, 0.4) is 0 Å². The quantitative estimate of drug-likeness (QED) is 0.802. The van der Waals surface area contributed by atoms with Crippen LogP contribution in [0.1, 0.15) is 36.9 Å². The fourth-order valence-corrected chi connectivity index (χ4v) is 1.29. The van der Waals surface area contributed by atoms with Crippen LogP contribution in [0.5, 0.6) is 0 Å². The Labute approximate surface area is 80.7 Å². The first kappa shape index (κ1) is 11.0. The first-order valence-electron chi connectivity index (χ1n) is 4.39. The zero-order valence-corrected chi connectivity index (χ0v) is 7.81. The topological polar surface area (TPSA) is 26.0 Å². The summed E-state index contributed by atoms with van der Waals surface area (Å²) in [4.78, 5) is 0. The van der Waals surface area contributed by atoms with Gasteiger partial charge in [-0.3, -0.25) is 0 Å². The molecular formula is C10H12F3N. The number of benzene rings is 1. The lowest BCUT2D eigenvalue weighted by atomic mass is 9.99. The minimum atomic E-state index is -2.61. The van der Waals surface area contributed by atoms with Crippen LogP contribution in [0.15, 0.2) is 18.2 Å². The molecule has 1 atom stereocenters. The molecular weight excluding hydrogens is 191 g/mol. The van der Waals surface area contributed by atoms with Gasteiger partial charge in [-0.05, 0) is 24.1 Å². The highest BCUT2D eigenvalue weighted by Crippen LogP contribution is 2.28. The van der Waals surface area contributed by atoms with Crippen molar-refractivity contribution in [2.45, 2.75) is 25.8 Å². The van der Waals surface area contributed by atoms with E-state index in [2.05, 4.69) is 0 Å². The highest BCUT2D eigenvalue weighted by molar-refractivity contribution is 5.31. The monoisotopic (exact) mass is 203 g/mol. The van der Waals surface area contributed by atoms with Crippen LogP contribution in [0.25, 0.3) is 0 Å². The van der Waals surface area contributed by atoms with E-state index < -0.39 is 18.3 Å². The lowest BCUT2D eigenvalue weighted by molar-refractivity contribution is 0.149. The molecule has 0 spiro atoms. The summed E-state index contributed by atoms with van der Waals surface area (Å²) >= 11 is 0. The molecule has 1 nitrogen and oxygen atoms in total. The second-order valence-corrected chi connectivity index (χ2v) is 3.09. The maximum Gasteiger partial charge on any atom is 0.264 e. The second-order valence-electron chi connectivity index (χ2n) is 3.09. The summed E-state index contributed by atoms with van der Waals surface area (Å²) in [6.45, 7) is 1.77. The van der Waals surface area contributed by atoms with Gasteiger partial charge in [0.1, 0.15) is 5.82 Å². The summed E-state index contributed by atoms with van der Waals surface area (Å²) in [5, 5.41) is 0. The minimum Gasteiger partial charge on any atom is -0.324 e. The number of alkyl halides is 2. The summed E-state index contributed by atoms with van der Waals surface area (Å²) in [5.41, 5.74) is 5.62. The summed E-state index contributed by atoms with van der Waals surface area (Å²) in [7, 11) is 0. The molecule has 1 rings (SSSR count). The van der Waals surface area contributed by atoms with Crippen molar-refractivity contribution >= 4 is 0 Å². The van der Waals surface area contributed by atoms with Crippen LogP contribution < -0.4 is 5.73 Å². The molecule has 0 aliphatic carbocycles. The first-order chi connectivity index (χ1) is 6.56. The van der Waals surface area contributed by atoms with Gasteiger partial charge in [0, 0.05) is 11.6 Å². The van der Waals surface area contributed by atoms with E-state index >= 15 is 0 Å². The van der Waals surface area contributed by atoms with E-state index in [1.807, 2.05) is 0 Å². The van der Waals surface area contributed by atoms with Gasteiger partial charge in [0.15, 0.2) is 0 Å². The van der Waals surface area contributed by atoms with Crippen molar-refractivity contribution in [1.29, 1.82) is 0 Å². The lowest BCUT2D eigenvalue weighted by Gasteiger charge is -2.14. The Bertz CT molecular complexity index is 312. The largest absolute Gasteiger partial charge is 0.324 e. The average molecular weight is 203 g/mol. The number of nitrogens with two attached hydrogens (primary N) is 1. The first-order valence-corrected chi connectivity index (χ1v) is 4.39. The standard InChI is InChI=1S/C10H12F3N/c1-2-9(14)8-5-6(11)3-4-7(8)10(12)13/h3-5,9-10H,2,14H2,1H3/t9-/m1/s1. The van der Waals surface area contributed by atoms with Crippen LogP contribution in [-0.2, 0) is 0 Å². The zero-order valence-electron chi connectivity index (χ0n) is 7.81. The molecule has 1 aromatic carbocycles. The summed E-state index contributed by atoms with van der Waals surface area (Å²) in [6, 6.07) is 2.66. The van der Waals surface area contributed by atoms with Gasteiger partial charge in [-0.1, -0.05) is 13.0 Å². The van der Waals surface area contributed by atoms with E-state index in [1.165, 1.54) is 0 Å². The Morgan fingerprint density at radius 3 is 2.43 bits per heavy atom. The van der Waals surface area contributed by atoms with Crippen molar-refractivity contribution in [2.75, 3.05) is 0 Å². The molecule has 0 radical (unpaired) electrons. The number of halogens is 3. The van der Waals surface area contributed by atoms with Crippen molar-refractivity contribution < 1.29 is 13.2 Å². The fourth-order valence-electron chi connectivity index (χ4n) is 1.29. The Morgan fingerprint density at radius 2 is 1.93 bits per heavy atom.